The summed E-state index contributed by atoms with van der Waals surface area (Å²) in [6, 6.07) is 17.4. The van der Waals surface area contributed by atoms with Crippen molar-refractivity contribution in [2.45, 2.75) is 12.7 Å². The van der Waals surface area contributed by atoms with E-state index in [1.54, 1.807) is 4.90 Å². The van der Waals surface area contributed by atoms with Crippen LogP contribution in [0, 0.1) is 0 Å². The van der Waals surface area contributed by atoms with E-state index in [1.165, 1.54) is 0 Å². The Morgan fingerprint density at radius 3 is 2.73 bits per heavy atom. The molecule has 1 heterocycles. The number of carbonyl (C=O) groups excluding carboxylic acids is 1. The van der Waals surface area contributed by atoms with E-state index >= 15 is 0 Å². The molecule has 0 radical (unpaired) electrons. The molecule has 0 bridgehead atoms. The highest BCUT2D eigenvalue weighted by Gasteiger charge is 2.22. The lowest BCUT2D eigenvalue weighted by Crippen LogP contribution is -2.42. The molecule has 1 amide bonds. The van der Waals surface area contributed by atoms with Crippen molar-refractivity contribution in [3.8, 4) is 0 Å². The first-order valence-electron chi connectivity index (χ1n) is 8.75. The van der Waals surface area contributed by atoms with Gasteiger partial charge in [-0.05, 0) is 17.7 Å². The van der Waals surface area contributed by atoms with Gasteiger partial charge in [-0.25, -0.2) is 0 Å². The second-order valence-electron chi connectivity index (χ2n) is 6.15. The maximum atomic E-state index is 12.1. The molecule has 1 unspecified atom stereocenters. The van der Waals surface area contributed by atoms with Gasteiger partial charge in [-0.3, -0.25) is 4.79 Å². The zero-order chi connectivity index (χ0) is 18.2. The molecule has 26 heavy (non-hydrogen) atoms. The summed E-state index contributed by atoms with van der Waals surface area (Å²) in [4.78, 5) is 13.8. The summed E-state index contributed by atoms with van der Waals surface area (Å²) in [6.45, 7) is 2.20. The van der Waals surface area contributed by atoms with Gasteiger partial charge in [0.1, 0.15) is 6.61 Å². The molecule has 1 saturated heterocycles. The van der Waals surface area contributed by atoms with Gasteiger partial charge in [0.25, 0.3) is 5.91 Å². The number of anilines is 2. The molecule has 0 aromatic heterocycles. The number of aliphatic hydroxyl groups is 1. The maximum Gasteiger partial charge on any atom is 0.253 e. The number of aliphatic hydroxyl groups excluding tert-OH is 1. The first-order chi connectivity index (χ1) is 12.7. The van der Waals surface area contributed by atoms with Gasteiger partial charge in [0.05, 0.1) is 37.3 Å². The molecule has 1 aliphatic heterocycles. The van der Waals surface area contributed by atoms with Crippen LogP contribution in [-0.4, -0.2) is 50.0 Å². The minimum atomic E-state index is -0.646. The smallest absolute Gasteiger partial charge is 0.253 e. The van der Waals surface area contributed by atoms with E-state index in [1.807, 2.05) is 54.6 Å². The topological polar surface area (TPSA) is 71.0 Å². The van der Waals surface area contributed by atoms with Crippen LogP contribution in [0.1, 0.15) is 5.56 Å². The number of ether oxygens (including phenoxy) is 2. The van der Waals surface area contributed by atoms with E-state index in [-0.39, 0.29) is 19.1 Å². The number of carbonyl (C=O) groups is 1. The van der Waals surface area contributed by atoms with Crippen molar-refractivity contribution < 1.29 is 19.4 Å². The predicted molar refractivity (Wildman–Crippen MR) is 100 cm³/mol. The van der Waals surface area contributed by atoms with Gasteiger partial charge in [0, 0.05) is 13.1 Å². The second-order valence-corrected chi connectivity index (χ2v) is 6.15. The summed E-state index contributed by atoms with van der Waals surface area (Å²) in [7, 11) is 0. The largest absolute Gasteiger partial charge is 0.389 e. The third-order valence-electron chi connectivity index (χ3n) is 4.13. The Morgan fingerprint density at radius 2 is 1.92 bits per heavy atom. The molecular formula is C20H24N2O4. The summed E-state index contributed by atoms with van der Waals surface area (Å²) in [5.74, 6) is -0.0581. The Kier molecular flexibility index (Phi) is 6.60. The minimum absolute atomic E-state index is 0.0581. The van der Waals surface area contributed by atoms with Gasteiger partial charge < -0.3 is 24.8 Å². The first kappa shape index (κ1) is 18.4. The number of nitrogens with zero attached hydrogens (tertiary/aromatic N) is 1. The van der Waals surface area contributed by atoms with Gasteiger partial charge in [0.2, 0.25) is 0 Å². The summed E-state index contributed by atoms with van der Waals surface area (Å²) in [5.41, 5.74) is 2.69. The minimum Gasteiger partial charge on any atom is -0.389 e. The third-order valence-corrected chi connectivity index (χ3v) is 4.13. The van der Waals surface area contributed by atoms with Gasteiger partial charge in [-0.15, -0.1) is 0 Å². The number of hydrogen-bond donors (Lipinski definition) is 2. The molecule has 2 aromatic carbocycles. The Hall–Kier alpha value is -2.41. The molecule has 2 N–H and O–H groups in total. The Balaban J connectivity index is 1.50. The molecule has 1 fully saturated rings. The average molecular weight is 356 g/mol. The van der Waals surface area contributed by atoms with Crippen LogP contribution in [0.2, 0.25) is 0 Å². The number of rotatable bonds is 8. The Morgan fingerprint density at radius 1 is 1.15 bits per heavy atom. The summed E-state index contributed by atoms with van der Waals surface area (Å²) in [6.07, 6.45) is -0.646. The molecule has 0 saturated carbocycles. The number of amides is 1. The normalized spacial score (nSPS) is 15.7. The van der Waals surface area contributed by atoms with Gasteiger partial charge in [-0.1, -0.05) is 42.5 Å². The van der Waals surface area contributed by atoms with E-state index in [2.05, 4.69) is 5.32 Å². The summed E-state index contributed by atoms with van der Waals surface area (Å²) < 4.78 is 10.7. The predicted octanol–water partition coefficient (Wildman–Crippen LogP) is 2.04. The average Bonchev–Trinajstić information content (AvgIpc) is 2.68. The molecule has 6 heteroatoms. The van der Waals surface area contributed by atoms with Crippen molar-refractivity contribution in [3.63, 3.8) is 0 Å². The van der Waals surface area contributed by atoms with E-state index in [0.717, 1.165) is 16.9 Å². The lowest BCUT2D eigenvalue weighted by molar-refractivity contribution is -0.125. The van der Waals surface area contributed by atoms with Crippen LogP contribution in [0.25, 0.3) is 0 Å². The van der Waals surface area contributed by atoms with Crippen molar-refractivity contribution >= 4 is 17.3 Å². The third kappa shape index (κ3) is 5.05. The maximum absolute atomic E-state index is 12.1. The molecule has 138 valence electrons. The number of benzene rings is 2. The van der Waals surface area contributed by atoms with Gasteiger partial charge in [-0.2, -0.15) is 0 Å². The molecular weight excluding hydrogens is 332 g/mol. The van der Waals surface area contributed by atoms with Crippen molar-refractivity contribution in [1.29, 1.82) is 0 Å². The fraction of sp³-hybridized carbons (Fsp3) is 0.350. The van der Waals surface area contributed by atoms with Crippen LogP contribution in [-0.2, 0) is 20.9 Å². The van der Waals surface area contributed by atoms with Crippen LogP contribution in [0.3, 0.4) is 0 Å². The molecule has 1 atom stereocenters. The van der Waals surface area contributed by atoms with Crippen LogP contribution < -0.4 is 10.2 Å². The Labute approximate surface area is 153 Å². The number of morpholine rings is 1. The molecule has 2 aromatic rings. The highest BCUT2D eigenvalue weighted by Crippen LogP contribution is 2.26. The number of para-hydroxylation sites is 2. The van der Waals surface area contributed by atoms with Crippen LogP contribution in [0.4, 0.5) is 11.4 Å². The highest BCUT2D eigenvalue weighted by atomic mass is 16.5. The molecule has 6 nitrogen and oxygen atoms in total. The van der Waals surface area contributed by atoms with Crippen LogP contribution >= 0.6 is 0 Å². The Bertz CT molecular complexity index is 708. The van der Waals surface area contributed by atoms with Crippen molar-refractivity contribution in [2.24, 2.45) is 0 Å². The zero-order valence-corrected chi connectivity index (χ0v) is 14.6. The molecule has 0 aliphatic carbocycles. The standard InChI is InChI=1S/C20H24N2O4/c23-17(14-26-13-16-6-2-1-3-7-16)12-21-18-8-4-5-9-19(18)22-10-11-25-15-20(22)24/h1-9,17,21,23H,10-15H2. The van der Waals surface area contributed by atoms with Crippen LogP contribution in [0.5, 0.6) is 0 Å². The van der Waals surface area contributed by atoms with E-state index in [9.17, 15) is 9.90 Å². The summed E-state index contributed by atoms with van der Waals surface area (Å²) in [5, 5.41) is 13.4. The quantitative estimate of drug-likeness (QED) is 0.757. The van der Waals surface area contributed by atoms with E-state index < -0.39 is 6.10 Å². The van der Waals surface area contributed by atoms with E-state index in [4.69, 9.17) is 9.47 Å². The first-order valence-corrected chi connectivity index (χ1v) is 8.75. The van der Waals surface area contributed by atoms with Gasteiger partial charge >= 0.3 is 0 Å². The fourth-order valence-electron chi connectivity index (χ4n) is 2.80. The summed E-state index contributed by atoms with van der Waals surface area (Å²) >= 11 is 0. The molecule has 0 spiro atoms. The van der Waals surface area contributed by atoms with Crippen molar-refractivity contribution in [2.75, 3.05) is 43.1 Å². The highest BCUT2D eigenvalue weighted by molar-refractivity contribution is 5.97. The number of nitrogens with one attached hydrogen (secondary N) is 1. The van der Waals surface area contributed by atoms with E-state index in [0.29, 0.717) is 26.3 Å². The monoisotopic (exact) mass is 356 g/mol. The SMILES string of the molecule is O=C1COCCN1c1ccccc1NCC(O)COCc1ccccc1. The lowest BCUT2D eigenvalue weighted by atomic mass is 10.2. The fourth-order valence-corrected chi connectivity index (χ4v) is 2.80. The number of hydrogen-bond acceptors (Lipinski definition) is 5. The van der Waals surface area contributed by atoms with Crippen molar-refractivity contribution in [1.82, 2.24) is 0 Å². The second kappa shape index (κ2) is 9.33. The zero-order valence-electron chi connectivity index (χ0n) is 14.6. The molecule has 1 aliphatic rings. The van der Waals surface area contributed by atoms with Gasteiger partial charge in [0.15, 0.2) is 0 Å². The van der Waals surface area contributed by atoms with Crippen molar-refractivity contribution in [3.05, 3.63) is 60.2 Å². The molecule has 3 rings (SSSR count). The van der Waals surface area contributed by atoms with Crippen LogP contribution in [0.15, 0.2) is 54.6 Å². The lowest BCUT2D eigenvalue weighted by Gasteiger charge is -2.29.